The van der Waals surface area contributed by atoms with Gasteiger partial charge in [0.2, 0.25) is 5.91 Å². The van der Waals surface area contributed by atoms with Gasteiger partial charge < -0.3 is 19.6 Å². The van der Waals surface area contributed by atoms with Crippen molar-refractivity contribution in [2.45, 2.75) is 44.2 Å². The maximum absolute atomic E-state index is 14.2. The quantitative estimate of drug-likeness (QED) is 0.492. The predicted molar refractivity (Wildman–Crippen MR) is 136 cm³/mol. The Morgan fingerprint density at radius 2 is 1.87 bits per heavy atom. The van der Waals surface area contributed by atoms with Crippen LogP contribution in [-0.2, 0) is 4.79 Å². The molecule has 0 spiro atoms. The first-order chi connectivity index (χ1) is 19.0. The van der Waals surface area contributed by atoms with E-state index in [-0.39, 0.29) is 29.0 Å². The second-order valence-corrected chi connectivity index (χ2v) is 10.7. The van der Waals surface area contributed by atoms with Crippen molar-refractivity contribution in [3.63, 3.8) is 0 Å². The molecule has 3 atom stereocenters. The first-order valence-corrected chi connectivity index (χ1v) is 13.5. The first kappa shape index (κ1) is 25.5. The summed E-state index contributed by atoms with van der Waals surface area (Å²) in [5.41, 5.74) is -0.0235. The molecule has 1 N–H and O–H groups in total. The lowest BCUT2D eigenvalue weighted by atomic mass is 9.90. The van der Waals surface area contributed by atoms with Gasteiger partial charge in [0.1, 0.15) is 11.6 Å². The molecule has 1 aliphatic carbocycles. The van der Waals surface area contributed by atoms with E-state index in [0.717, 1.165) is 38.1 Å². The summed E-state index contributed by atoms with van der Waals surface area (Å²) in [7, 11) is 0. The molecule has 1 aromatic carbocycles. The molecule has 9 nitrogen and oxygen atoms in total. The number of nitrogens with one attached hydrogen (secondary N) is 1. The highest BCUT2D eigenvalue weighted by molar-refractivity contribution is 5.94. The molecule has 2 saturated heterocycles. The molecule has 0 bridgehead atoms. The largest absolute Gasteiger partial charge is 0.355 e. The standard InChI is InChI=1S/C28H30F2N6O3/c29-18-6-7-19(21(30)13-18)25-14-23(34-39-25)27(37)33-22-8-12-35(15-17-4-5-17)16-20(22)28(38)36-11-1-3-24(36)26-31-9-2-10-32-26/h2,6-7,9-10,13-14,17,20,22,24H,1,3-5,8,11-12,15-16H2,(H,33,37)/t20-,22-,24?/m0/s1. The lowest BCUT2D eigenvalue weighted by Gasteiger charge is -2.40. The summed E-state index contributed by atoms with van der Waals surface area (Å²) in [5, 5.41) is 6.82. The van der Waals surface area contributed by atoms with E-state index in [1.807, 2.05) is 4.90 Å². The van der Waals surface area contributed by atoms with E-state index in [2.05, 4.69) is 25.3 Å². The van der Waals surface area contributed by atoms with Crippen LogP contribution in [0, 0.1) is 23.5 Å². The molecule has 11 heteroatoms. The minimum absolute atomic E-state index is 0.00703. The van der Waals surface area contributed by atoms with Crippen molar-refractivity contribution in [2.24, 2.45) is 11.8 Å². The van der Waals surface area contributed by atoms with Gasteiger partial charge in [-0.15, -0.1) is 0 Å². The van der Waals surface area contributed by atoms with Gasteiger partial charge >= 0.3 is 0 Å². The highest BCUT2D eigenvalue weighted by atomic mass is 19.1. The van der Waals surface area contributed by atoms with Crippen molar-refractivity contribution in [3.8, 4) is 11.3 Å². The van der Waals surface area contributed by atoms with Gasteiger partial charge in [-0.05, 0) is 56.2 Å². The second-order valence-electron chi connectivity index (χ2n) is 10.7. The maximum Gasteiger partial charge on any atom is 0.273 e. The van der Waals surface area contributed by atoms with E-state index in [1.165, 1.54) is 25.0 Å². The molecular formula is C28H30F2N6O3. The lowest BCUT2D eigenvalue weighted by Crippen LogP contribution is -2.56. The third-order valence-corrected chi connectivity index (χ3v) is 7.90. The third kappa shape index (κ3) is 5.54. The summed E-state index contributed by atoms with van der Waals surface area (Å²) >= 11 is 0. The number of hydrogen-bond donors (Lipinski definition) is 1. The van der Waals surface area contributed by atoms with Gasteiger partial charge in [0.05, 0.1) is 17.5 Å². The maximum atomic E-state index is 14.2. The Morgan fingerprint density at radius 3 is 2.64 bits per heavy atom. The average molecular weight is 537 g/mol. The molecule has 4 heterocycles. The van der Waals surface area contributed by atoms with E-state index in [1.54, 1.807) is 18.5 Å². The van der Waals surface area contributed by atoms with Gasteiger partial charge in [0.25, 0.3) is 5.91 Å². The fraction of sp³-hybridized carbons (Fsp3) is 0.464. The van der Waals surface area contributed by atoms with Crippen LogP contribution in [0.1, 0.15) is 54.5 Å². The molecule has 204 valence electrons. The molecule has 1 saturated carbocycles. The molecule has 2 aromatic heterocycles. The van der Waals surface area contributed by atoms with E-state index in [9.17, 15) is 18.4 Å². The summed E-state index contributed by atoms with van der Waals surface area (Å²) in [5.74, 6) is -1.13. The number of halogens is 2. The van der Waals surface area contributed by atoms with Crippen LogP contribution < -0.4 is 5.32 Å². The van der Waals surface area contributed by atoms with Crippen molar-refractivity contribution in [1.29, 1.82) is 0 Å². The van der Waals surface area contributed by atoms with Crippen LogP contribution >= 0.6 is 0 Å². The summed E-state index contributed by atoms with van der Waals surface area (Å²) in [4.78, 5) is 40.2. The first-order valence-electron chi connectivity index (χ1n) is 13.5. The second kappa shape index (κ2) is 10.8. The number of nitrogens with zero attached hydrogens (tertiary/aromatic N) is 5. The molecule has 3 fully saturated rings. The molecule has 3 aromatic rings. The van der Waals surface area contributed by atoms with Gasteiger partial charge in [-0.3, -0.25) is 9.59 Å². The van der Waals surface area contributed by atoms with Crippen LogP contribution in [0.25, 0.3) is 11.3 Å². The molecule has 0 radical (unpaired) electrons. The smallest absolute Gasteiger partial charge is 0.273 e. The molecule has 1 unspecified atom stereocenters. The van der Waals surface area contributed by atoms with Crippen molar-refractivity contribution >= 4 is 11.8 Å². The van der Waals surface area contributed by atoms with Crippen LogP contribution in [0.5, 0.6) is 0 Å². The van der Waals surface area contributed by atoms with Gasteiger partial charge in [-0.2, -0.15) is 0 Å². The van der Waals surface area contributed by atoms with Crippen molar-refractivity contribution in [3.05, 3.63) is 65.9 Å². The Kier molecular flexibility index (Phi) is 7.07. The molecule has 2 aliphatic heterocycles. The van der Waals surface area contributed by atoms with Crippen LogP contribution in [0.2, 0.25) is 0 Å². The van der Waals surface area contributed by atoms with E-state index >= 15 is 0 Å². The molecule has 6 rings (SSSR count). The van der Waals surface area contributed by atoms with Gasteiger partial charge in [0, 0.05) is 56.7 Å². The Bertz CT molecular complexity index is 1350. The van der Waals surface area contributed by atoms with E-state index < -0.39 is 29.5 Å². The molecule has 3 aliphatic rings. The van der Waals surface area contributed by atoms with Gasteiger partial charge in [-0.25, -0.2) is 18.7 Å². The summed E-state index contributed by atoms with van der Waals surface area (Å²) < 4.78 is 32.7. The normalized spacial score (nSPS) is 23.6. The van der Waals surface area contributed by atoms with Crippen molar-refractivity contribution in [1.82, 2.24) is 30.2 Å². The fourth-order valence-electron chi connectivity index (χ4n) is 5.71. The number of carbonyl (C=O) groups is 2. The molecule has 39 heavy (non-hydrogen) atoms. The predicted octanol–water partition coefficient (Wildman–Crippen LogP) is 3.60. The number of amides is 2. The van der Waals surface area contributed by atoms with Crippen molar-refractivity contribution < 1.29 is 22.9 Å². The zero-order chi connectivity index (χ0) is 26.9. The lowest BCUT2D eigenvalue weighted by molar-refractivity contribution is -0.139. The van der Waals surface area contributed by atoms with Gasteiger partial charge in [-0.1, -0.05) is 5.16 Å². The van der Waals surface area contributed by atoms with Crippen LogP contribution in [0.15, 0.2) is 47.2 Å². The fourth-order valence-corrected chi connectivity index (χ4v) is 5.71. The third-order valence-electron chi connectivity index (χ3n) is 7.90. The minimum Gasteiger partial charge on any atom is -0.355 e. The van der Waals surface area contributed by atoms with Gasteiger partial charge in [0.15, 0.2) is 17.3 Å². The topological polar surface area (TPSA) is 104 Å². The Morgan fingerprint density at radius 1 is 1.05 bits per heavy atom. The number of carbonyl (C=O) groups excluding carboxylic acids is 2. The number of piperidine rings is 1. The number of aromatic nitrogens is 3. The monoisotopic (exact) mass is 536 g/mol. The summed E-state index contributed by atoms with van der Waals surface area (Å²) in [6, 6.07) is 5.59. The van der Waals surface area contributed by atoms with Crippen molar-refractivity contribution in [2.75, 3.05) is 26.2 Å². The minimum atomic E-state index is -0.811. The zero-order valence-corrected chi connectivity index (χ0v) is 21.4. The number of rotatable bonds is 7. The van der Waals surface area contributed by atoms with Crippen LogP contribution in [-0.4, -0.2) is 69.0 Å². The summed E-state index contributed by atoms with van der Waals surface area (Å²) in [6.07, 6.45) is 8.10. The van der Waals surface area contributed by atoms with Crippen LogP contribution in [0.4, 0.5) is 8.78 Å². The highest BCUT2D eigenvalue weighted by Gasteiger charge is 2.42. The SMILES string of the molecule is O=C(N[C@H]1CCN(CC2CC2)C[C@@H]1C(=O)N1CCCC1c1ncccn1)c1cc(-c2ccc(F)cc2F)on1. The highest BCUT2D eigenvalue weighted by Crippen LogP contribution is 2.35. The van der Waals surface area contributed by atoms with E-state index in [0.29, 0.717) is 31.3 Å². The molecular weight excluding hydrogens is 506 g/mol. The molecule has 2 amide bonds. The van der Waals surface area contributed by atoms with Crippen LogP contribution in [0.3, 0.4) is 0 Å². The van der Waals surface area contributed by atoms with E-state index in [4.69, 9.17) is 4.52 Å². The number of likely N-dealkylation sites (tertiary alicyclic amines) is 2. The number of hydrogen-bond acceptors (Lipinski definition) is 7. The Hall–Kier alpha value is -3.73. The zero-order valence-electron chi connectivity index (χ0n) is 21.4. The Balaban J connectivity index is 1.20. The summed E-state index contributed by atoms with van der Waals surface area (Å²) in [6.45, 7) is 2.92. The Labute approximate surface area is 224 Å². The average Bonchev–Trinajstić information content (AvgIpc) is 3.40. The number of benzene rings is 1.